The number of amides is 1. The molecule has 156 valence electrons. The van der Waals surface area contributed by atoms with Gasteiger partial charge >= 0.3 is 5.69 Å². The third kappa shape index (κ3) is 4.68. The molecule has 0 bridgehead atoms. The van der Waals surface area contributed by atoms with Crippen molar-refractivity contribution in [2.24, 2.45) is 0 Å². The van der Waals surface area contributed by atoms with Crippen LogP contribution in [0.1, 0.15) is 40.5 Å². The number of benzene rings is 2. The first-order valence-electron chi connectivity index (χ1n) is 9.65. The van der Waals surface area contributed by atoms with Gasteiger partial charge in [-0.2, -0.15) is 9.78 Å². The van der Waals surface area contributed by atoms with Gasteiger partial charge in [0.05, 0.1) is 12.2 Å². The van der Waals surface area contributed by atoms with Gasteiger partial charge in [-0.3, -0.25) is 14.2 Å². The first kappa shape index (κ1) is 21.5. The number of carbonyl (C=O) groups excluding carboxylic acids is 1. The van der Waals surface area contributed by atoms with Gasteiger partial charge in [0.25, 0.3) is 11.5 Å². The summed E-state index contributed by atoms with van der Waals surface area (Å²) in [6.07, 6.45) is 0.707. The van der Waals surface area contributed by atoms with Gasteiger partial charge in [-0.25, -0.2) is 4.79 Å². The molecule has 1 heterocycles. The summed E-state index contributed by atoms with van der Waals surface area (Å²) in [6.45, 7) is 6.08. The first-order chi connectivity index (χ1) is 14.3. The fraction of sp³-hybridized carbons (Fsp3) is 0.273. The maximum Gasteiger partial charge on any atom is 0.352 e. The number of hydrogen-bond donors (Lipinski definition) is 1. The minimum absolute atomic E-state index is 0.0282. The second-order valence-electron chi connectivity index (χ2n) is 7.17. The number of rotatable bonds is 6. The molecule has 0 spiro atoms. The second kappa shape index (κ2) is 9.09. The van der Waals surface area contributed by atoms with Crippen molar-refractivity contribution < 1.29 is 4.79 Å². The molecule has 30 heavy (non-hydrogen) atoms. The van der Waals surface area contributed by atoms with E-state index in [0.717, 1.165) is 20.4 Å². The molecule has 0 unspecified atom stereocenters. The minimum Gasteiger partial charge on any atom is -0.350 e. The molecule has 0 radical (unpaired) electrons. The number of carbonyl (C=O) groups is 1. The van der Waals surface area contributed by atoms with Crippen molar-refractivity contribution in [3.05, 3.63) is 90.7 Å². The van der Waals surface area contributed by atoms with E-state index in [-0.39, 0.29) is 12.2 Å². The lowest BCUT2D eigenvalue weighted by Gasteiger charge is -2.13. The minimum atomic E-state index is -0.741. The molecule has 0 aliphatic heterocycles. The van der Waals surface area contributed by atoms with Crippen LogP contribution in [0.4, 0.5) is 0 Å². The van der Waals surface area contributed by atoms with E-state index in [1.165, 1.54) is 0 Å². The van der Waals surface area contributed by atoms with Crippen LogP contribution >= 0.6 is 11.6 Å². The Morgan fingerprint density at radius 3 is 2.43 bits per heavy atom. The van der Waals surface area contributed by atoms with Crippen LogP contribution in [0.5, 0.6) is 0 Å². The Morgan fingerprint density at radius 2 is 1.80 bits per heavy atom. The normalized spacial score (nSPS) is 10.8. The Bertz CT molecular complexity index is 1190. The third-order valence-corrected chi connectivity index (χ3v) is 4.73. The fourth-order valence-corrected chi connectivity index (χ4v) is 3.39. The Kier molecular flexibility index (Phi) is 6.52. The van der Waals surface area contributed by atoms with E-state index < -0.39 is 17.2 Å². The lowest BCUT2D eigenvalue weighted by Crippen LogP contribution is -2.46. The average molecular weight is 427 g/mol. The van der Waals surface area contributed by atoms with E-state index in [4.69, 9.17) is 11.6 Å². The van der Waals surface area contributed by atoms with Crippen molar-refractivity contribution in [1.82, 2.24) is 19.7 Å². The maximum atomic E-state index is 13.2. The van der Waals surface area contributed by atoms with Crippen molar-refractivity contribution in [3.63, 3.8) is 0 Å². The quantitative estimate of drug-likeness (QED) is 0.656. The van der Waals surface area contributed by atoms with Crippen molar-refractivity contribution in [1.29, 1.82) is 0 Å². The molecule has 3 aromatic rings. The number of hydrogen-bond acceptors (Lipinski definition) is 4. The van der Waals surface area contributed by atoms with Crippen LogP contribution < -0.4 is 16.6 Å². The smallest absolute Gasteiger partial charge is 0.350 e. The molecular formula is C22H23ClN4O3. The highest BCUT2D eigenvalue weighted by atomic mass is 35.5. The van der Waals surface area contributed by atoms with Gasteiger partial charge in [-0.1, -0.05) is 36.7 Å². The molecule has 7 nitrogen and oxygen atoms in total. The highest BCUT2D eigenvalue weighted by molar-refractivity contribution is 6.30. The van der Waals surface area contributed by atoms with E-state index in [1.807, 2.05) is 26.8 Å². The molecule has 8 heteroatoms. The zero-order valence-electron chi connectivity index (χ0n) is 17.1. The van der Waals surface area contributed by atoms with Crippen molar-refractivity contribution in [2.45, 2.75) is 33.7 Å². The summed E-state index contributed by atoms with van der Waals surface area (Å²) >= 11 is 6.04. The van der Waals surface area contributed by atoms with Crippen LogP contribution in [0.2, 0.25) is 5.02 Å². The van der Waals surface area contributed by atoms with Gasteiger partial charge in [-0.05, 0) is 61.2 Å². The molecule has 0 saturated carbocycles. The summed E-state index contributed by atoms with van der Waals surface area (Å²) in [5.74, 6) is -0.611. The molecule has 1 amide bonds. The third-order valence-electron chi connectivity index (χ3n) is 4.49. The van der Waals surface area contributed by atoms with Crippen LogP contribution in [0.15, 0.2) is 52.1 Å². The maximum absolute atomic E-state index is 13.2. The van der Waals surface area contributed by atoms with Crippen molar-refractivity contribution in [2.75, 3.05) is 6.54 Å². The van der Waals surface area contributed by atoms with Crippen LogP contribution in [-0.4, -0.2) is 26.8 Å². The zero-order valence-corrected chi connectivity index (χ0v) is 17.9. The van der Waals surface area contributed by atoms with Crippen LogP contribution in [0.25, 0.3) is 5.69 Å². The summed E-state index contributed by atoms with van der Waals surface area (Å²) in [5, 5.41) is 7.28. The number of aryl methyl sites for hydroxylation is 2. The summed E-state index contributed by atoms with van der Waals surface area (Å²) in [7, 11) is 0. The zero-order chi connectivity index (χ0) is 21.8. The number of nitrogens with one attached hydrogen (secondary N) is 1. The molecule has 0 atom stereocenters. The number of nitrogens with zero attached hydrogens (tertiary/aromatic N) is 3. The predicted molar refractivity (Wildman–Crippen MR) is 117 cm³/mol. The molecule has 1 N–H and O–H groups in total. The van der Waals surface area contributed by atoms with Gasteiger partial charge in [-0.15, -0.1) is 0 Å². The largest absolute Gasteiger partial charge is 0.352 e. The van der Waals surface area contributed by atoms with E-state index in [2.05, 4.69) is 10.4 Å². The lowest BCUT2D eigenvalue weighted by molar-refractivity contribution is 0.0944. The summed E-state index contributed by atoms with van der Waals surface area (Å²) in [6, 6.07) is 12.4. The standard InChI is InChI=1S/C22H23ClN4O3/c1-4-8-24-20(28)19-21(29)26(13-16-6-5-7-17(23)12-16)22(30)27(25-19)18-10-14(2)9-15(3)11-18/h5-7,9-12H,4,8,13H2,1-3H3,(H,24,28). The second-order valence-corrected chi connectivity index (χ2v) is 7.60. The molecule has 0 saturated heterocycles. The summed E-state index contributed by atoms with van der Waals surface area (Å²) in [4.78, 5) is 38.8. The van der Waals surface area contributed by atoms with Gasteiger partial charge in [0.2, 0.25) is 5.69 Å². The van der Waals surface area contributed by atoms with Gasteiger partial charge in [0.15, 0.2) is 0 Å². The van der Waals surface area contributed by atoms with Crippen LogP contribution in [-0.2, 0) is 6.54 Å². The van der Waals surface area contributed by atoms with E-state index in [1.54, 1.807) is 36.4 Å². The molecule has 0 fully saturated rings. The molecule has 2 aromatic carbocycles. The molecular weight excluding hydrogens is 404 g/mol. The first-order valence-corrected chi connectivity index (χ1v) is 10.0. The molecule has 0 aliphatic rings. The van der Waals surface area contributed by atoms with E-state index >= 15 is 0 Å². The highest BCUT2D eigenvalue weighted by Gasteiger charge is 2.20. The van der Waals surface area contributed by atoms with Crippen LogP contribution in [0, 0.1) is 13.8 Å². The average Bonchev–Trinajstić information content (AvgIpc) is 2.68. The topological polar surface area (TPSA) is 86.0 Å². The molecule has 1 aromatic heterocycles. The monoisotopic (exact) mass is 426 g/mol. The fourth-order valence-electron chi connectivity index (χ4n) is 3.18. The lowest BCUT2D eigenvalue weighted by atomic mass is 10.1. The Balaban J connectivity index is 2.22. The molecule has 3 rings (SSSR count). The van der Waals surface area contributed by atoms with Gasteiger partial charge in [0.1, 0.15) is 0 Å². The Morgan fingerprint density at radius 1 is 1.10 bits per heavy atom. The highest BCUT2D eigenvalue weighted by Crippen LogP contribution is 2.13. The van der Waals surface area contributed by atoms with Gasteiger partial charge in [0, 0.05) is 11.6 Å². The predicted octanol–water partition coefficient (Wildman–Crippen LogP) is 2.85. The summed E-state index contributed by atoms with van der Waals surface area (Å²) < 4.78 is 2.12. The van der Waals surface area contributed by atoms with Crippen LogP contribution in [0.3, 0.4) is 0 Å². The van der Waals surface area contributed by atoms with Gasteiger partial charge < -0.3 is 5.32 Å². The van der Waals surface area contributed by atoms with Crippen molar-refractivity contribution in [3.8, 4) is 5.69 Å². The van der Waals surface area contributed by atoms with E-state index in [0.29, 0.717) is 29.2 Å². The van der Waals surface area contributed by atoms with Crippen molar-refractivity contribution >= 4 is 17.5 Å². The Labute approximate surface area is 178 Å². The molecule has 0 aliphatic carbocycles. The number of aromatic nitrogens is 3. The Hall–Kier alpha value is -3.19. The summed E-state index contributed by atoms with van der Waals surface area (Å²) in [5.41, 5.74) is 1.32. The SMILES string of the molecule is CCCNC(=O)c1nn(-c2cc(C)cc(C)c2)c(=O)n(Cc2cccc(Cl)c2)c1=O. The van der Waals surface area contributed by atoms with E-state index in [9.17, 15) is 14.4 Å². The number of halogens is 1.